The van der Waals surface area contributed by atoms with Crippen LogP contribution in [0.5, 0.6) is 0 Å². The number of hydrogen-bond acceptors (Lipinski definition) is 5. The Morgan fingerprint density at radius 1 is 1.21 bits per heavy atom. The first-order chi connectivity index (χ1) is 14.0. The molecule has 1 fully saturated rings. The molecule has 3 aromatic rings. The van der Waals surface area contributed by atoms with Crippen LogP contribution in [0.3, 0.4) is 0 Å². The zero-order valence-electron chi connectivity index (χ0n) is 17.0. The van der Waals surface area contributed by atoms with Crippen molar-refractivity contribution in [3.63, 3.8) is 0 Å². The lowest BCUT2D eigenvalue weighted by molar-refractivity contribution is 0.225. The first-order valence-corrected chi connectivity index (χ1v) is 10.3. The predicted octanol–water partition coefficient (Wildman–Crippen LogP) is 2.80. The van der Waals surface area contributed by atoms with Crippen molar-refractivity contribution < 1.29 is 4.39 Å². The third kappa shape index (κ3) is 3.72. The summed E-state index contributed by atoms with van der Waals surface area (Å²) in [4.78, 5) is 7.24. The Hall–Kier alpha value is -2.51. The van der Waals surface area contributed by atoms with Gasteiger partial charge in [-0.3, -0.25) is 4.90 Å². The van der Waals surface area contributed by atoms with E-state index in [2.05, 4.69) is 34.5 Å². The summed E-state index contributed by atoms with van der Waals surface area (Å²) in [5.74, 6) is 1.02. The Labute approximate surface area is 170 Å². The lowest BCUT2D eigenvalue weighted by Crippen LogP contribution is -2.47. The minimum atomic E-state index is -0.238. The van der Waals surface area contributed by atoms with E-state index in [-0.39, 0.29) is 11.4 Å². The Kier molecular flexibility index (Phi) is 4.52. The molecule has 0 aliphatic carbocycles. The van der Waals surface area contributed by atoms with Crippen molar-refractivity contribution in [2.24, 2.45) is 5.92 Å². The van der Waals surface area contributed by atoms with Crippen LogP contribution in [0, 0.1) is 11.7 Å². The molecule has 1 unspecified atom stereocenters. The van der Waals surface area contributed by atoms with Gasteiger partial charge < -0.3 is 10.6 Å². The highest BCUT2D eigenvalue weighted by molar-refractivity contribution is 5.78. The number of fused-ring (bicyclic) bond motifs is 6. The van der Waals surface area contributed by atoms with Gasteiger partial charge in [0.2, 0.25) is 0 Å². The maximum atomic E-state index is 14.8. The highest BCUT2D eigenvalue weighted by Gasteiger charge is 2.28. The third-order valence-electron chi connectivity index (χ3n) is 5.95. The van der Waals surface area contributed by atoms with E-state index < -0.39 is 0 Å². The van der Waals surface area contributed by atoms with E-state index >= 15 is 0 Å². The lowest BCUT2D eigenvalue weighted by atomic mass is 9.95. The Morgan fingerprint density at radius 2 is 2.10 bits per heavy atom. The van der Waals surface area contributed by atoms with Crippen LogP contribution in [0.15, 0.2) is 36.7 Å². The summed E-state index contributed by atoms with van der Waals surface area (Å²) >= 11 is 0. The van der Waals surface area contributed by atoms with Gasteiger partial charge in [-0.05, 0) is 49.9 Å². The van der Waals surface area contributed by atoms with Gasteiger partial charge in [0, 0.05) is 55.6 Å². The third-order valence-corrected chi connectivity index (χ3v) is 5.95. The van der Waals surface area contributed by atoms with E-state index in [9.17, 15) is 4.39 Å². The first kappa shape index (κ1) is 18.5. The van der Waals surface area contributed by atoms with Crippen LogP contribution in [0.1, 0.15) is 19.4 Å². The predicted molar refractivity (Wildman–Crippen MR) is 113 cm³/mol. The number of halogens is 1. The van der Waals surface area contributed by atoms with Gasteiger partial charge in [0.05, 0.1) is 6.20 Å². The number of hydrogen-bond donors (Lipinski definition) is 2. The maximum Gasteiger partial charge on any atom is 0.165 e. The molecular weight excluding hydrogens is 367 g/mol. The van der Waals surface area contributed by atoms with Crippen molar-refractivity contribution in [3.8, 4) is 11.1 Å². The number of anilines is 1. The average molecular weight is 394 g/mol. The molecule has 6 nitrogen and oxygen atoms in total. The van der Waals surface area contributed by atoms with Gasteiger partial charge in [0.15, 0.2) is 5.65 Å². The summed E-state index contributed by atoms with van der Waals surface area (Å²) < 4.78 is 16.5. The second-order valence-corrected chi connectivity index (χ2v) is 8.95. The fourth-order valence-electron chi connectivity index (χ4n) is 4.58. The maximum absolute atomic E-state index is 14.8. The van der Waals surface area contributed by atoms with Crippen molar-refractivity contribution >= 4 is 11.5 Å². The topological polar surface area (TPSA) is 57.5 Å². The fourth-order valence-corrected chi connectivity index (χ4v) is 4.58. The summed E-state index contributed by atoms with van der Waals surface area (Å²) in [7, 11) is 0. The highest BCUT2D eigenvalue weighted by Crippen LogP contribution is 2.29. The van der Waals surface area contributed by atoms with Gasteiger partial charge in [-0.2, -0.15) is 5.10 Å². The van der Waals surface area contributed by atoms with Gasteiger partial charge in [-0.15, -0.1) is 0 Å². The molecule has 7 heteroatoms. The summed E-state index contributed by atoms with van der Waals surface area (Å²) in [5.41, 5.74) is 3.19. The molecule has 0 radical (unpaired) electrons. The van der Waals surface area contributed by atoms with E-state index in [1.54, 1.807) is 16.8 Å². The van der Waals surface area contributed by atoms with Gasteiger partial charge in [0.25, 0.3) is 0 Å². The highest BCUT2D eigenvalue weighted by atomic mass is 19.1. The molecular formula is C22H27FN6. The van der Waals surface area contributed by atoms with Crippen molar-refractivity contribution in [2.45, 2.75) is 25.8 Å². The van der Waals surface area contributed by atoms with E-state index in [4.69, 9.17) is 4.98 Å². The quantitative estimate of drug-likeness (QED) is 0.614. The zero-order chi connectivity index (χ0) is 20.0. The molecule has 0 spiro atoms. The molecule has 6 bridgehead atoms. The minimum absolute atomic E-state index is 0.0681. The molecule has 2 aromatic heterocycles. The Morgan fingerprint density at radius 3 is 3.00 bits per heavy atom. The average Bonchev–Trinajstić information content (AvgIpc) is 3.03. The fraction of sp³-hybridized carbons (Fsp3) is 0.455. The van der Waals surface area contributed by atoms with Crippen molar-refractivity contribution in [1.29, 1.82) is 0 Å². The second kappa shape index (κ2) is 7.07. The van der Waals surface area contributed by atoms with Gasteiger partial charge in [-0.25, -0.2) is 13.9 Å². The largest absolute Gasteiger partial charge is 0.369 e. The van der Waals surface area contributed by atoms with Crippen molar-refractivity contribution in [3.05, 3.63) is 48.0 Å². The van der Waals surface area contributed by atoms with Gasteiger partial charge in [-0.1, -0.05) is 6.07 Å². The summed E-state index contributed by atoms with van der Waals surface area (Å²) in [6, 6.07) is 7.38. The van der Waals surface area contributed by atoms with E-state index in [0.29, 0.717) is 17.1 Å². The molecule has 1 aromatic carbocycles. The SMILES string of the molecule is CC1(C)CN2CCNc3ccn4ncc(c4n3)-c3cc(ccc3F)C[C@H](CN1)C2. The van der Waals surface area contributed by atoms with Gasteiger partial charge >= 0.3 is 0 Å². The molecule has 2 atom stereocenters. The van der Waals surface area contributed by atoms with Crippen LogP contribution in [0.4, 0.5) is 10.2 Å². The van der Waals surface area contributed by atoms with E-state index in [1.807, 2.05) is 24.4 Å². The second-order valence-electron chi connectivity index (χ2n) is 8.95. The zero-order valence-corrected chi connectivity index (χ0v) is 17.0. The van der Waals surface area contributed by atoms with Crippen LogP contribution in [0.25, 0.3) is 16.8 Å². The molecule has 2 aliphatic heterocycles. The molecule has 0 saturated carbocycles. The van der Waals surface area contributed by atoms with Crippen molar-refractivity contribution in [2.75, 3.05) is 38.0 Å². The summed E-state index contributed by atoms with van der Waals surface area (Å²) in [6.07, 6.45) is 4.49. The summed E-state index contributed by atoms with van der Waals surface area (Å²) in [6.45, 7) is 9.27. The first-order valence-electron chi connectivity index (χ1n) is 10.3. The standard InChI is InChI=1S/C22H27FN6/c1-22(2)14-28-8-6-24-20-5-7-29-21(27-20)18(12-26-29)17-10-15(3-4-19(17)23)9-16(13-28)11-25-22/h3-5,7,10,12,16,25H,6,8-9,11,13-14H2,1-2H3,(H,24,27)/t16-/m1/s1. The Balaban J connectivity index is 1.60. The van der Waals surface area contributed by atoms with Crippen molar-refractivity contribution in [1.82, 2.24) is 24.8 Å². The number of benzene rings is 1. The molecule has 0 amide bonds. The Bertz CT molecular complexity index is 1040. The smallest absolute Gasteiger partial charge is 0.165 e. The van der Waals surface area contributed by atoms with E-state index in [0.717, 1.165) is 56.1 Å². The van der Waals surface area contributed by atoms with Crippen LogP contribution in [0.2, 0.25) is 0 Å². The molecule has 1 saturated heterocycles. The summed E-state index contributed by atoms with van der Waals surface area (Å²) in [5, 5.41) is 11.5. The van der Waals surface area contributed by atoms with Crippen LogP contribution in [-0.4, -0.2) is 57.8 Å². The lowest BCUT2D eigenvalue weighted by Gasteiger charge is -2.30. The normalized spacial score (nSPS) is 24.0. The molecule has 4 heterocycles. The minimum Gasteiger partial charge on any atom is -0.369 e. The molecule has 2 N–H and O–H groups in total. The van der Waals surface area contributed by atoms with Crippen LogP contribution >= 0.6 is 0 Å². The van der Waals surface area contributed by atoms with Crippen LogP contribution in [-0.2, 0) is 6.42 Å². The molecule has 29 heavy (non-hydrogen) atoms. The number of nitrogens with one attached hydrogen (secondary N) is 2. The number of nitrogens with zero attached hydrogens (tertiary/aromatic N) is 4. The van der Waals surface area contributed by atoms with Crippen LogP contribution < -0.4 is 10.6 Å². The number of aromatic nitrogens is 3. The monoisotopic (exact) mass is 394 g/mol. The van der Waals surface area contributed by atoms with E-state index in [1.165, 1.54) is 0 Å². The molecule has 5 rings (SSSR count). The molecule has 152 valence electrons. The number of rotatable bonds is 0. The van der Waals surface area contributed by atoms with Gasteiger partial charge in [0.1, 0.15) is 11.6 Å². The molecule has 2 aliphatic rings.